The molecule has 0 saturated heterocycles. The number of methoxy groups -OCH3 is 1. The van der Waals surface area contributed by atoms with Crippen molar-refractivity contribution < 1.29 is 9.53 Å². The van der Waals surface area contributed by atoms with Crippen LogP contribution in [0.4, 0.5) is 0 Å². The third-order valence-corrected chi connectivity index (χ3v) is 7.89. The molecule has 1 aliphatic rings. The van der Waals surface area contributed by atoms with Gasteiger partial charge in [-0.05, 0) is 62.9 Å². The van der Waals surface area contributed by atoms with E-state index in [0.29, 0.717) is 27.7 Å². The Balaban J connectivity index is 1.50. The molecule has 0 aliphatic heterocycles. The zero-order chi connectivity index (χ0) is 24.8. The molecule has 2 aromatic heterocycles. The molecule has 2 atom stereocenters. The lowest BCUT2D eigenvalue weighted by molar-refractivity contribution is -0.119. The molecule has 0 unspecified atom stereocenters. The van der Waals surface area contributed by atoms with E-state index < -0.39 is 0 Å². The van der Waals surface area contributed by atoms with Gasteiger partial charge in [0.15, 0.2) is 10.3 Å². The minimum atomic E-state index is 0.0394. The maximum absolute atomic E-state index is 12.7. The number of hydrogen-bond donors (Lipinski definition) is 1. The summed E-state index contributed by atoms with van der Waals surface area (Å²) in [5.41, 5.74) is 2.79. The zero-order valence-corrected chi connectivity index (χ0v) is 22.3. The van der Waals surface area contributed by atoms with Crippen LogP contribution in [0.15, 0.2) is 40.6 Å². The monoisotopic (exact) mass is 512 g/mol. The van der Waals surface area contributed by atoms with Gasteiger partial charge in [0.25, 0.3) is 0 Å². The molecular weight excluding hydrogens is 480 g/mol. The minimum Gasteiger partial charge on any atom is -0.497 e. The summed E-state index contributed by atoms with van der Waals surface area (Å²) in [5, 5.41) is 13.5. The van der Waals surface area contributed by atoms with Gasteiger partial charge in [-0.25, -0.2) is 9.97 Å². The Morgan fingerprint density at radius 1 is 1.09 bits per heavy atom. The van der Waals surface area contributed by atoms with Gasteiger partial charge >= 0.3 is 0 Å². The van der Waals surface area contributed by atoms with Crippen molar-refractivity contribution in [2.24, 2.45) is 5.92 Å². The highest BCUT2D eigenvalue weighted by molar-refractivity contribution is 7.99. The fourth-order valence-corrected chi connectivity index (χ4v) is 5.92. The maximum atomic E-state index is 12.7. The van der Waals surface area contributed by atoms with Gasteiger partial charge in [0.1, 0.15) is 11.6 Å². The van der Waals surface area contributed by atoms with E-state index in [1.54, 1.807) is 7.11 Å². The molecule has 2 heterocycles. The van der Waals surface area contributed by atoms with E-state index >= 15 is 0 Å². The highest BCUT2D eigenvalue weighted by atomic mass is 32.2. The van der Waals surface area contributed by atoms with E-state index in [2.05, 4.69) is 32.4 Å². The Morgan fingerprint density at radius 2 is 1.80 bits per heavy atom. The largest absolute Gasteiger partial charge is 0.497 e. The van der Waals surface area contributed by atoms with Crippen molar-refractivity contribution in [3.8, 4) is 11.4 Å². The molecule has 0 spiro atoms. The first-order chi connectivity index (χ1) is 16.9. The SMILES string of the molecule is COc1ccc(-n2c(CSc3nc(C)cc(C)n3)nnc2SCC(=O)N[C@@H]2CCCC[C@H]2C)cc1. The highest BCUT2D eigenvalue weighted by Gasteiger charge is 2.23. The first-order valence-electron chi connectivity index (χ1n) is 11.9. The van der Waals surface area contributed by atoms with Crippen molar-refractivity contribution in [1.29, 1.82) is 0 Å². The van der Waals surface area contributed by atoms with Crippen LogP contribution in [0, 0.1) is 19.8 Å². The Kier molecular flexibility index (Phi) is 8.67. The number of ether oxygens (including phenoxy) is 1. The smallest absolute Gasteiger partial charge is 0.230 e. The molecule has 1 N–H and O–H groups in total. The normalized spacial score (nSPS) is 17.8. The number of amides is 1. The van der Waals surface area contributed by atoms with Crippen molar-refractivity contribution in [3.05, 3.63) is 47.5 Å². The number of aryl methyl sites for hydroxylation is 2. The van der Waals surface area contributed by atoms with Crippen molar-refractivity contribution in [2.75, 3.05) is 12.9 Å². The molecule has 1 aliphatic carbocycles. The molecule has 1 fully saturated rings. The van der Waals surface area contributed by atoms with Gasteiger partial charge in [0, 0.05) is 23.1 Å². The first kappa shape index (κ1) is 25.5. The molecule has 8 nitrogen and oxygen atoms in total. The molecule has 0 radical (unpaired) electrons. The quantitative estimate of drug-likeness (QED) is 0.324. The summed E-state index contributed by atoms with van der Waals surface area (Å²) in [4.78, 5) is 21.8. The number of thioether (sulfide) groups is 2. The Labute approximate surface area is 215 Å². The number of nitrogens with zero attached hydrogens (tertiary/aromatic N) is 5. The summed E-state index contributed by atoms with van der Waals surface area (Å²) < 4.78 is 7.31. The van der Waals surface area contributed by atoms with Crippen molar-refractivity contribution in [3.63, 3.8) is 0 Å². The van der Waals surface area contributed by atoms with Gasteiger partial charge < -0.3 is 10.1 Å². The average Bonchev–Trinajstić information content (AvgIpc) is 3.25. The second-order valence-electron chi connectivity index (χ2n) is 8.88. The topological polar surface area (TPSA) is 94.8 Å². The molecule has 0 bridgehead atoms. The number of hydrogen-bond acceptors (Lipinski definition) is 8. The van der Waals surface area contributed by atoms with Crippen LogP contribution < -0.4 is 10.1 Å². The van der Waals surface area contributed by atoms with E-state index in [0.717, 1.165) is 35.1 Å². The standard InChI is InChI=1S/C25H32N6O2S2/c1-16-7-5-6-8-21(16)28-23(32)15-35-25-30-29-22(14-34-24-26-17(2)13-18(3)27-24)31(25)19-9-11-20(33-4)12-10-19/h9-13,16,21H,5-8,14-15H2,1-4H3,(H,28,32)/t16-,21-/m1/s1. The maximum Gasteiger partial charge on any atom is 0.230 e. The van der Waals surface area contributed by atoms with Crippen LogP contribution in [0.25, 0.3) is 5.69 Å². The van der Waals surface area contributed by atoms with E-state index in [4.69, 9.17) is 4.74 Å². The van der Waals surface area contributed by atoms with E-state index in [1.165, 1.54) is 42.8 Å². The zero-order valence-electron chi connectivity index (χ0n) is 20.7. The third-order valence-electron chi connectivity index (χ3n) is 6.11. The fraction of sp³-hybridized carbons (Fsp3) is 0.480. The van der Waals surface area contributed by atoms with Crippen LogP contribution >= 0.6 is 23.5 Å². The second kappa shape index (κ2) is 11.9. The van der Waals surface area contributed by atoms with Crippen molar-refractivity contribution >= 4 is 29.4 Å². The molecule has 4 rings (SSSR count). The summed E-state index contributed by atoms with van der Waals surface area (Å²) in [7, 11) is 1.65. The van der Waals surface area contributed by atoms with Crippen LogP contribution in [-0.2, 0) is 10.5 Å². The third kappa shape index (κ3) is 6.76. The summed E-state index contributed by atoms with van der Waals surface area (Å²) in [6.45, 7) is 6.15. The van der Waals surface area contributed by atoms with E-state index in [-0.39, 0.29) is 11.9 Å². The van der Waals surface area contributed by atoms with Gasteiger partial charge in [-0.3, -0.25) is 9.36 Å². The van der Waals surface area contributed by atoms with Crippen molar-refractivity contribution in [2.45, 2.75) is 68.6 Å². The van der Waals surface area contributed by atoms with Crippen LogP contribution in [0.1, 0.15) is 49.8 Å². The number of benzene rings is 1. The van der Waals surface area contributed by atoms with Gasteiger partial charge in [-0.1, -0.05) is 43.3 Å². The number of carbonyl (C=O) groups excluding carboxylic acids is 1. The Hall–Kier alpha value is -2.59. The Bertz CT molecular complexity index is 1130. The fourth-order valence-electron chi connectivity index (χ4n) is 4.27. The van der Waals surface area contributed by atoms with Crippen LogP contribution in [0.5, 0.6) is 5.75 Å². The molecule has 3 aromatic rings. The molecule has 35 heavy (non-hydrogen) atoms. The molecule has 1 saturated carbocycles. The lowest BCUT2D eigenvalue weighted by atomic mass is 9.86. The molecule has 10 heteroatoms. The summed E-state index contributed by atoms with van der Waals surface area (Å²) in [6, 6.07) is 9.98. The predicted octanol–water partition coefficient (Wildman–Crippen LogP) is 4.76. The first-order valence-corrected chi connectivity index (χ1v) is 13.9. The van der Waals surface area contributed by atoms with Gasteiger partial charge in [0.05, 0.1) is 18.6 Å². The summed E-state index contributed by atoms with van der Waals surface area (Å²) >= 11 is 2.92. The highest BCUT2D eigenvalue weighted by Crippen LogP contribution is 2.28. The van der Waals surface area contributed by atoms with E-state index in [1.807, 2.05) is 48.7 Å². The average molecular weight is 513 g/mol. The predicted molar refractivity (Wildman–Crippen MR) is 139 cm³/mol. The number of carbonyl (C=O) groups is 1. The van der Waals surface area contributed by atoms with Crippen LogP contribution in [0.3, 0.4) is 0 Å². The Morgan fingerprint density at radius 3 is 2.49 bits per heavy atom. The lowest BCUT2D eigenvalue weighted by Crippen LogP contribution is -2.41. The van der Waals surface area contributed by atoms with Gasteiger partial charge in [0.2, 0.25) is 5.91 Å². The van der Waals surface area contributed by atoms with E-state index in [9.17, 15) is 4.79 Å². The molecule has 1 aromatic carbocycles. The summed E-state index contributed by atoms with van der Waals surface area (Å²) in [5.74, 6) is 2.96. The number of nitrogens with one attached hydrogen (secondary N) is 1. The summed E-state index contributed by atoms with van der Waals surface area (Å²) in [6.07, 6.45) is 4.66. The molecule has 186 valence electrons. The molecular formula is C25H32N6O2S2. The number of aromatic nitrogens is 5. The second-order valence-corrected chi connectivity index (χ2v) is 10.8. The van der Waals surface area contributed by atoms with Crippen LogP contribution in [0.2, 0.25) is 0 Å². The van der Waals surface area contributed by atoms with Crippen molar-refractivity contribution in [1.82, 2.24) is 30.0 Å². The minimum absolute atomic E-state index is 0.0394. The van der Waals surface area contributed by atoms with Gasteiger partial charge in [-0.15, -0.1) is 10.2 Å². The van der Waals surface area contributed by atoms with Gasteiger partial charge in [-0.2, -0.15) is 0 Å². The lowest BCUT2D eigenvalue weighted by Gasteiger charge is -2.29. The van der Waals surface area contributed by atoms with Crippen LogP contribution in [-0.4, -0.2) is 49.5 Å². The molecule has 1 amide bonds. The number of rotatable bonds is 9.